The Hall–Kier alpha value is -4.88. The number of ether oxygens (including phenoxy) is 2. The third kappa shape index (κ3) is 4.87. The number of fused-ring (bicyclic) bond motifs is 2. The highest BCUT2D eigenvalue weighted by atomic mass is 35.5. The summed E-state index contributed by atoms with van der Waals surface area (Å²) in [6.45, 7) is 0.307. The average Bonchev–Trinajstić information content (AvgIpc) is 3.40. The van der Waals surface area contributed by atoms with E-state index in [1.807, 2.05) is 66.7 Å². The van der Waals surface area contributed by atoms with Crippen LogP contribution in [0.25, 0.3) is 33.5 Å². The molecule has 0 bridgehead atoms. The predicted molar refractivity (Wildman–Crippen MR) is 153 cm³/mol. The minimum Gasteiger partial charge on any atom is -0.493 e. The molecule has 6 rings (SSSR count). The largest absolute Gasteiger partial charge is 0.493 e. The number of halogens is 1. The number of rotatable bonds is 7. The molecule has 0 saturated carbocycles. The number of hydrogen-bond donors (Lipinski definition) is 0. The molecule has 192 valence electrons. The highest BCUT2D eigenvalue weighted by Crippen LogP contribution is 2.35. The first kappa shape index (κ1) is 24.5. The van der Waals surface area contributed by atoms with E-state index in [0.29, 0.717) is 50.9 Å². The van der Waals surface area contributed by atoms with E-state index in [4.69, 9.17) is 30.5 Å². The summed E-state index contributed by atoms with van der Waals surface area (Å²) in [5.41, 5.74) is 2.40. The molecule has 0 saturated heterocycles. The quantitative estimate of drug-likeness (QED) is 0.207. The molecule has 2 heterocycles. The number of benzene rings is 4. The fourth-order valence-electron chi connectivity index (χ4n) is 4.32. The van der Waals surface area contributed by atoms with Gasteiger partial charge in [0.25, 0.3) is 5.56 Å². The van der Waals surface area contributed by atoms with Crippen LogP contribution in [0.15, 0.2) is 111 Å². The maximum atomic E-state index is 13.6. The summed E-state index contributed by atoms with van der Waals surface area (Å²) in [4.78, 5) is 18.4. The molecular weight excluding hydrogens is 514 g/mol. The van der Waals surface area contributed by atoms with Gasteiger partial charge in [0, 0.05) is 22.0 Å². The van der Waals surface area contributed by atoms with Crippen LogP contribution < -0.4 is 15.0 Å². The number of methoxy groups -OCH3 is 1. The predicted octanol–water partition coefficient (Wildman–Crippen LogP) is 6.93. The van der Waals surface area contributed by atoms with Gasteiger partial charge in [-0.25, -0.2) is 4.98 Å². The zero-order valence-electron chi connectivity index (χ0n) is 20.9. The molecule has 39 heavy (non-hydrogen) atoms. The van der Waals surface area contributed by atoms with E-state index in [2.05, 4.69) is 5.10 Å². The molecule has 0 spiro atoms. The van der Waals surface area contributed by atoms with Gasteiger partial charge in [-0.1, -0.05) is 72.3 Å². The second kappa shape index (κ2) is 10.5. The molecule has 6 aromatic rings. The van der Waals surface area contributed by atoms with Gasteiger partial charge in [0.1, 0.15) is 12.2 Å². The van der Waals surface area contributed by atoms with Gasteiger partial charge in [0.15, 0.2) is 17.3 Å². The smallest absolute Gasteiger partial charge is 0.282 e. The molecule has 2 aromatic heterocycles. The Morgan fingerprint density at radius 2 is 1.74 bits per heavy atom. The van der Waals surface area contributed by atoms with Gasteiger partial charge in [-0.05, 0) is 35.9 Å². The van der Waals surface area contributed by atoms with E-state index in [9.17, 15) is 4.79 Å². The first-order chi connectivity index (χ1) is 19.1. The summed E-state index contributed by atoms with van der Waals surface area (Å²) in [6, 6.07) is 29.7. The van der Waals surface area contributed by atoms with Gasteiger partial charge in [-0.2, -0.15) is 9.78 Å². The van der Waals surface area contributed by atoms with Crippen LogP contribution in [0.1, 0.15) is 11.1 Å². The third-order valence-corrected chi connectivity index (χ3v) is 6.42. The van der Waals surface area contributed by atoms with Gasteiger partial charge in [-0.15, -0.1) is 0 Å². The van der Waals surface area contributed by atoms with Crippen molar-refractivity contribution in [3.8, 4) is 23.1 Å². The van der Waals surface area contributed by atoms with Crippen LogP contribution in [0.2, 0.25) is 5.02 Å². The number of furan rings is 1. The number of nitrogens with zero attached hydrogens (tertiary/aromatic N) is 3. The Bertz CT molecular complexity index is 1860. The standard InChI is InChI=1S/C31H22ClN3O4/c1-37-27-17-23(32)15-22(29(27)38-19-20-9-3-2-4-10-20)18-33-35-30(28-16-21-11-5-8-14-26(21)39-28)34-25-13-7-6-12-24(25)31(35)36/h2-18H,19H2,1H3. The molecule has 0 fully saturated rings. The van der Waals surface area contributed by atoms with Crippen LogP contribution in [-0.4, -0.2) is 23.0 Å². The van der Waals surface area contributed by atoms with Crippen molar-refractivity contribution in [2.75, 3.05) is 7.11 Å². The number of aromatic nitrogens is 2. The van der Waals surface area contributed by atoms with Gasteiger partial charge >= 0.3 is 0 Å². The van der Waals surface area contributed by atoms with E-state index < -0.39 is 0 Å². The SMILES string of the molecule is COc1cc(Cl)cc(C=Nn2c(-c3cc4ccccc4o3)nc3ccccc3c2=O)c1OCc1ccccc1. The average molecular weight is 536 g/mol. The van der Waals surface area contributed by atoms with Gasteiger partial charge in [0.05, 0.1) is 24.2 Å². The lowest BCUT2D eigenvalue weighted by atomic mass is 10.2. The molecule has 4 aromatic carbocycles. The number of para-hydroxylation sites is 2. The van der Waals surface area contributed by atoms with Crippen LogP contribution in [0.3, 0.4) is 0 Å². The zero-order valence-corrected chi connectivity index (χ0v) is 21.6. The molecule has 0 radical (unpaired) electrons. The molecule has 0 aliphatic heterocycles. The van der Waals surface area contributed by atoms with Crippen LogP contribution in [0.4, 0.5) is 0 Å². The highest BCUT2D eigenvalue weighted by molar-refractivity contribution is 6.31. The monoisotopic (exact) mass is 535 g/mol. The van der Waals surface area contributed by atoms with E-state index in [-0.39, 0.29) is 11.4 Å². The first-order valence-corrected chi connectivity index (χ1v) is 12.6. The maximum absolute atomic E-state index is 13.6. The van der Waals surface area contributed by atoms with Gasteiger partial charge in [-0.3, -0.25) is 4.79 Å². The normalized spacial score (nSPS) is 11.4. The first-order valence-electron chi connectivity index (χ1n) is 12.2. The van der Waals surface area contributed by atoms with Crippen molar-refractivity contribution >= 4 is 39.7 Å². The summed E-state index contributed by atoms with van der Waals surface area (Å²) < 4.78 is 19.0. The zero-order chi connectivity index (χ0) is 26.8. The van der Waals surface area contributed by atoms with E-state index in [0.717, 1.165) is 10.9 Å². The van der Waals surface area contributed by atoms with Crippen molar-refractivity contribution in [1.82, 2.24) is 9.66 Å². The molecule has 7 nitrogen and oxygen atoms in total. The lowest BCUT2D eigenvalue weighted by Gasteiger charge is -2.14. The second-order valence-corrected chi connectivity index (χ2v) is 9.20. The Morgan fingerprint density at radius 3 is 2.56 bits per heavy atom. The lowest BCUT2D eigenvalue weighted by molar-refractivity contribution is 0.284. The summed E-state index contributed by atoms with van der Waals surface area (Å²) in [5, 5.41) is 6.32. The molecule has 0 N–H and O–H groups in total. The molecule has 0 aliphatic rings. The molecule has 8 heteroatoms. The van der Waals surface area contributed by atoms with Crippen LogP contribution in [-0.2, 0) is 6.61 Å². The van der Waals surface area contributed by atoms with E-state index in [1.54, 1.807) is 37.4 Å². The van der Waals surface area contributed by atoms with Crippen molar-refractivity contribution < 1.29 is 13.9 Å². The highest BCUT2D eigenvalue weighted by Gasteiger charge is 2.17. The van der Waals surface area contributed by atoms with Crippen molar-refractivity contribution in [1.29, 1.82) is 0 Å². The van der Waals surface area contributed by atoms with Gasteiger partial charge in [0.2, 0.25) is 5.82 Å². The molecule has 0 aliphatic carbocycles. The second-order valence-electron chi connectivity index (χ2n) is 8.76. The van der Waals surface area contributed by atoms with Crippen molar-refractivity contribution in [2.45, 2.75) is 6.61 Å². The maximum Gasteiger partial charge on any atom is 0.282 e. The molecule has 0 amide bonds. The Kier molecular flexibility index (Phi) is 6.57. The summed E-state index contributed by atoms with van der Waals surface area (Å²) in [5.74, 6) is 1.58. The molecule has 0 unspecified atom stereocenters. The van der Waals surface area contributed by atoms with E-state index in [1.165, 1.54) is 10.9 Å². The Morgan fingerprint density at radius 1 is 0.974 bits per heavy atom. The fourth-order valence-corrected chi connectivity index (χ4v) is 4.54. The molecular formula is C31H22ClN3O4. The van der Waals surface area contributed by atoms with Crippen LogP contribution in [0.5, 0.6) is 11.5 Å². The van der Waals surface area contributed by atoms with E-state index >= 15 is 0 Å². The van der Waals surface area contributed by atoms with Crippen molar-refractivity contribution in [2.24, 2.45) is 5.10 Å². The Balaban J connectivity index is 1.48. The van der Waals surface area contributed by atoms with Crippen molar-refractivity contribution in [3.63, 3.8) is 0 Å². The summed E-state index contributed by atoms with van der Waals surface area (Å²) in [6.07, 6.45) is 1.51. The lowest BCUT2D eigenvalue weighted by Crippen LogP contribution is -2.20. The van der Waals surface area contributed by atoms with Gasteiger partial charge < -0.3 is 13.9 Å². The topological polar surface area (TPSA) is 78.9 Å². The summed E-state index contributed by atoms with van der Waals surface area (Å²) >= 11 is 6.39. The fraction of sp³-hybridized carbons (Fsp3) is 0.0645. The minimum absolute atomic E-state index is 0.270. The van der Waals surface area contributed by atoms with Crippen LogP contribution in [0, 0.1) is 0 Å². The minimum atomic E-state index is -0.340. The van der Waals surface area contributed by atoms with Crippen LogP contribution >= 0.6 is 11.6 Å². The Labute approximate surface area is 228 Å². The molecule has 0 atom stereocenters. The third-order valence-electron chi connectivity index (χ3n) is 6.21. The van der Waals surface area contributed by atoms with Crippen molar-refractivity contribution in [3.05, 3.63) is 124 Å². The number of hydrogen-bond acceptors (Lipinski definition) is 6. The summed E-state index contributed by atoms with van der Waals surface area (Å²) in [7, 11) is 1.54.